The number of ether oxygens (including phenoxy) is 1. The lowest BCUT2D eigenvalue weighted by molar-refractivity contribution is -0.134. The summed E-state index contributed by atoms with van der Waals surface area (Å²) in [6, 6.07) is 6.34. The average molecular weight is 368 g/mol. The first-order chi connectivity index (χ1) is 10.1. The number of hydrogen-bond acceptors (Lipinski definition) is 4. The van der Waals surface area contributed by atoms with E-state index in [9.17, 15) is 9.18 Å². The summed E-state index contributed by atoms with van der Waals surface area (Å²) < 4.78 is 18.4. The van der Waals surface area contributed by atoms with E-state index in [4.69, 9.17) is 4.74 Å². The van der Waals surface area contributed by atoms with Crippen LogP contribution < -0.4 is 10.6 Å². The van der Waals surface area contributed by atoms with Gasteiger partial charge in [-0.05, 0) is 31.8 Å². The van der Waals surface area contributed by atoms with Gasteiger partial charge >= 0.3 is 0 Å². The summed E-state index contributed by atoms with van der Waals surface area (Å²) in [4.78, 5) is 14.0. The Labute approximate surface area is 148 Å². The normalized spacial score (nSPS) is 18.5. The SMILES string of the molecule is CN(C)C(CNC(=O)C1CNCCO1)c1ccc(F)cc1.Cl.Cl. The van der Waals surface area contributed by atoms with Crippen molar-refractivity contribution in [3.05, 3.63) is 35.6 Å². The molecule has 1 fully saturated rings. The van der Waals surface area contributed by atoms with Gasteiger partial charge in [0.1, 0.15) is 11.9 Å². The topological polar surface area (TPSA) is 53.6 Å². The van der Waals surface area contributed by atoms with Crippen molar-refractivity contribution in [3.63, 3.8) is 0 Å². The molecule has 2 rings (SSSR count). The number of nitrogens with zero attached hydrogens (tertiary/aromatic N) is 1. The highest BCUT2D eigenvalue weighted by atomic mass is 35.5. The maximum Gasteiger partial charge on any atom is 0.250 e. The molecular formula is C15H24Cl2FN3O2. The van der Waals surface area contributed by atoms with Crippen LogP contribution in [0.15, 0.2) is 24.3 Å². The maximum atomic E-state index is 13.0. The molecule has 0 spiro atoms. The summed E-state index contributed by atoms with van der Waals surface area (Å²) in [5.41, 5.74) is 0.962. The van der Waals surface area contributed by atoms with Crippen molar-refractivity contribution < 1.29 is 13.9 Å². The lowest BCUT2D eigenvalue weighted by Gasteiger charge is -2.27. The molecule has 0 aliphatic carbocycles. The Kier molecular flexibility index (Phi) is 10.3. The van der Waals surface area contributed by atoms with Gasteiger partial charge < -0.3 is 20.3 Å². The number of amides is 1. The van der Waals surface area contributed by atoms with Gasteiger partial charge in [0.2, 0.25) is 0 Å². The second-order valence-corrected chi connectivity index (χ2v) is 5.34. The van der Waals surface area contributed by atoms with Crippen molar-refractivity contribution in [2.45, 2.75) is 12.1 Å². The van der Waals surface area contributed by atoms with Gasteiger partial charge in [-0.2, -0.15) is 0 Å². The van der Waals surface area contributed by atoms with Crippen LogP contribution in [0.5, 0.6) is 0 Å². The molecule has 1 aliphatic heterocycles. The van der Waals surface area contributed by atoms with E-state index < -0.39 is 6.10 Å². The van der Waals surface area contributed by atoms with Crippen LogP contribution in [-0.2, 0) is 9.53 Å². The third-order valence-corrected chi connectivity index (χ3v) is 3.57. The molecule has 0 bridgehead atoms. The van der Waals surface area contributed by atoms with Crippen molar-refractivity contribution in [1.82, 2.24) is 15.5 Å². The van der Waals surface area contributed by atoms with E-state index in [-0.39, 0.29) is 42.6 Å². The van der Waals surface area contributed by atoms with Crippen LogP contribution in [0.4, 0.5) is 4.39 Å². The monoisotopic (exact) mass is 367 g/mol. The number of halogens is 3. The van der Waals surface area contributed by atoms with Crippen LogP contribution in [-0.4, -0.2) is 57.2 Å². The number of nitrogens with one attached hydrogen (secondary N) is 2. The summed E-state index contributed by atoms with van der Waals surface area (Å²) in [5, 5.41) is 6.03. The van der Waals surface area contributed by atoms with Crippen molar-refractivity contribution in [2.24, 2.45) is 0 Å². The van der Waals surface area contributed by atoms with Crippen LogP contribution in [0.1, 0.15) is 11.6 Å². The molecule has 1 saturated heterocycles. The number of carbonyl (C=O) groups is 1. The van der Waals surface area contributed by atoms with E-state index in [0.29, 0.717) is 19.7 Å². The molecular weight excluding hydrogens is 344 g/mol. The fraction of sp³-hybridized carbons (Fsp3) is 0.533. The quantitative estimate of drug-likeness (QED) is 0.825. The molecule has 1 amide bonds. The predicted molar refractivity (Wildman–Crippen MR) is 92.9 cm³/mol. The summed E-state index contributed by atoms with van der Waals surface area (Å²) in [5.74, 6) is -0.377. The molecule has 0 aromatic heterocycles. The first-order valence-electron chi connectivity index (χ1n) is 7.10. The zero-order valence-electron chi connectivity index (χ0n) is 13.3. The smallest absolute Gasteiger partial charge is 0.250 e. The third-order valence-electron chi connectivity index (χ3n) is 3.57. The first kappa shape index (κ1) is 22.1. The van der Waals surface area contributed by atoms with Gasteiger partial charge in [0.05, 0.1) is 12.6 Å². The maximum absolute atomic E-state index is 13.0. The fourth-order valence-corrected chi connectivity index (χ4v) is 2.33. The fourth-order valence-electron chi connectivity index (χ4n) is 2.33. The van der Waals surface area contributed by atoms with E-state index in [2.05, 4.69) is 10.6 Å². The highest BCUT2D eigenvalue weighted by Gasteiger charge is 2.23. The Hall–Kier alpha value is -0.920. The Morgan fingerprint density at radius 1 is 1.39 bits per heavy atom. The molecule has 1 aromatic rings. The van der Waals surface area contributed by atoms with Gasteiger partial charge in [-0.25, -0.2) is 4.39 Å². The van der Waals surface area contributed by atoms with Gasteiger partial charge in [-0.15, -0.1) is 24.8 Å². The van der Waals surface area contributed by atoms with Crippen LogP contribution in [0.3, 0.4) is 0 Å². The van der Waals surface area contributed by atoms with Gasteiger partial charge in [-0.3, -0.25) is 4.79 Å². The van der Waals surface area contributed by atoms with E-state index in [0.717, 1.165) is 12.1 Å². The summed E-state index contributed by atoms with van der Waals surface area (Å²) in [6.07, 6.45) is -0.435. The molecule has 0 radical (unpaired) electrons. The third kappa shape index (κ3) is 6.61. The number of carbonyl (C=O) groups excluding carboxylic acids is 1. The predicted octanol–water partition coefficient (Wildman–Crippen LogP) is 1.38. The largest absolute Gasteiger partial charge is 0.366 e. The minimum Gasteiger partial charge on any atom is -0.366 e. The van der Waals surface area contributed by atoms with Crippen molar-refractivity contribution in [1.29, 1.82) is 0 Å². The van der Waals surface area contributed by atoms with E-state index in [1.165, 1.54) is 12.1 Å². The number of morpholine rings is 1. The molecule has 1 aromatic carbocycles. The summed E-state index contributed by atoms with van der Waals surface area (Å²) >= 11 is 0. The summed E-state index contributed by atoms with van der Waals surface area (Å²) in [6.45, 7) is 2.32. The molecule has 2 atom stereocenters. The van der Waals surface area contributed by atoms with Crippen LogP contribution in [0.2, 0.25) is 0 Å². The van der Waals surface area contributed by atoms with Crippen LogP contribution in [0.25, 0.3) is 0 Å². The van der Waals surface area contributed by atoms with Crippen molar-refractivity contribution in [3.8, 4) is 0 Å². The molecule has 23 heavy (non-hydrogen) atoms. The summed E-state index contributed by atoms with van der Waals surface area (Å²) in [7, 11) is 3.86. The number of benzene rings is 1. The molecule has 2 unspecified atom stereocenters. The van der Waals surface area contributed by atoms with Gasteiger partial charge in [0.15, 0.2) is 0 Å². The van der Waals surface area contributed by atoms with E-state index in [1.54, 1.807) is 12.1 Å². The highest BCUT2D eigenvalue weighted by Crippen LogP contribution is 2.17. The molecule has 0 saturated carbocycles. The molecule has 8 heteroatoms. The molecule has 5 nitrogen and oxygen atoms in total. The number of rotatable bonds is 5. The van der Waals surface area contributed by atoms with Crippen LogP contribution >= 0.6 is 24.8 Å². The standard InChI is InChI=1S/C15H22FN3O2.2ClH/c1-19(2)13(11-3-5-12(16)6-4-11)9-18-15(20)14-10-17-7-8-21-14;;/h3-6,13-14,17H,7-10H2,1-2H3,(H,18,20);2*1H. The van der Waals surface area contributed by atoms with Gasteiger partial charge in [-0.1, -0.05) is 12.1 Å². The lowest BCUT2D eigenvalue weighted by atomic mass is 10.1. The van der Waals surface area contributed by atoms with Gasteiger partial charge in [0.25, 0.3) is 5.91 Å². The van der Waals surface area contributed by atoms with Gasteiger partial charge in [0, 0.05) is 19.6 Å². The molecule has 2 N–H and O–H groups in total. The highest BCUT2D eigenvalue weighted by molar-refractivity contribution is 5.85. The van der Waals surface area contributed by atoms with E-state index >= 15 is 0 Å². The van der Waals surface area contributed by atoms with Crippen molar-refractivity contribution >= 4 is 30.7 Å². The second kappa shape index (κ2) is 10.8. The Morgan fingerprint density at radius 2 is 2.04 bits per heavy atom. The second-order valence-electron chi connectivity index (χ2n) is 5.34. The average Bonchev–Trinajstić information content (AvgIpc) is 2.49. The minimum atomic E-state index is -0.435. The Bertz CT molecular complexity index is 468. The Morgan fingerprint density at radius 3 is 2.57 bits per heavy atom. The minimum absolute atomic E-state index is 0. The zero-order chi connectivity index (χ0) is 15.2. The Balaban J connectivity index is 0.00000242. The molecule has 1 aliphatic rings. The van der Waals surface area contributed by atoms with Crippen LogP contribution in [0, 0.1) is 5.82 Å². The van der Waals surface area contributed by atoms with Crippen molar-refractivity contribution in [2.75, 3.05) is 40.3 Å². The van der Waals surface area contributed by atoms with E-state index in [1.807, 2.05) is 19.0 Å². The molecule has 1 heterocycles. The zero-order valence-corrected chi connectivity index (χ0v) is 14.9. The lowest BCUT2D eigenvalue weighted by Crippen LogP contribution is -2.49. The number of hydrogen-bond donors (Lipinski definition) is 2. The first-order valence-corrected chi connectivity index (χ1v) is 7.10. The molecule has 132 valence electrons. The number of likely N-dealkylation sites (N-methyl/N-ethyl adjacent to an activating group) is 1.